The third-order valence-electron chi connectivity index (χ3n) is 5.88. The maximum Gasteiger partial charge on any atom is 0.290 e. The molecule has 3 aromatic rings. The average molecular weight is 420 g/mol. The van der Waals surface area contributed by atoms with Crippen molar-refractivity contribution in [2.45, 2.75) is 13.1 Å². The summed E-state index contributed by atoms with van der Waals surface area (Å²) in [6.45, 7) is 4.82. The van der Waals surface area contributed by atoms with E-state index in [0.717, 1.165) is 43.1 Å². The summed E-state index contributed by atoms with van der Waals surface area (Å²) in [5.74, 6) is -0.126. The van der Waals surface area contributed by atoms with Crippen LogP contribution >= 0.6 is 0 Å². The van der Waals surface area contributed by atoms with Gasteiger partial charge < -0.3 is 19.1 Å². The highest BCUT2D eigenvalue weighted by Gasteiger charge is 2.29. The Labute approximate surface area is 179 Å². The highest BCUT2D eigenvalue weighted by Crippen LogP contribution is 2.24. The van der Waals surface area contributed by atoms with Gasteiger partial charge in [-0.1, -0.05) is 0 Å². The van der Waals surface area contributed by atoms with E-state index in [0.29, 0.717) is 24.4 Å². The number of hydrogen-bond acceptors (Lipinski definition) is 6. The Balaban J connectivity index is 1.24. The van der Waals surface area contributed by atoms with Gasteiger partial charge in [0.05, 0.1) is 31.2 Å². The number of nitrogens with zero attached hydrogens (tertiary/aromatic N) is 5. The van der Waals surface area contributed by atoms with E-state index in [1.165, 1.54) is 11.1 Å². The molecule has 0 aliphatic carbocycles. The minimum Gasteiger partial charge on any atom is -0.459 e. The second-order valence-corrected chi connectivity index (χ2v) is 7.94. The van der Waals surface area contributed by atoms with Crippen LogP contribution in [0.3, 0.4) is 0 Å². The van der Waals surface area contributed by atoms with Crippen LogP contribution in [0.5, 0.6) is 0 Å². The summed E-state index contributed by atoms with van der Waals surface area (Å²) >= 11 is 0. The lowest BCUT2D eigenvalue weighted by molar-refractivity contribution is 0.0716. The number of likely N-dealkylation sites (N-methyl/N-ethyl adjacent to an activating group) is 1. The number of piperazine rings is 1. The van der Waals surface area contributed by atoms with E-state index in [1.807, 2.05) is 24.3 Å². The molecular weight excluding hydrogens is 396 g/mol. The SMILES string of the molecule is CN1CCN(c2ccc(C(=O)Nn3ncc4c3CN(C(=O)c3ccco3)C4)cc2)CC1. The van der Waals surface area contributed by atoms with Gasteiger partial charge in [0.2, 0.25) is 0 Å². The fraction of sp³-hybridized carbons (Fsp3) is 0.318. The Morgan fingerprint density at radius 1 is 1.03 bits per heavy atom. The van der Waals surface area contributed by atoms with E-state index in [1.54, 1.807) is 23.2 Å². The zero-order valence-electron chi connectivity index (χ0n) is 17.3. The third-order valence-corrected chi connectivity index (χ3v) is 5.88. The number of rotatable bonds is 4. The predicted octanol–water partition coefficient (Wildman–Crippen LogP) is 1.77. The maximum atomic E-state index is 12.8. The lowest BCUT2D eigenvalue weighted by Crippen LogP contribution is -2.44. The van der Waals surface area contributed by atoms with Crippen molar-refractivity contribution < 1.29 is 14.0 Å². The molecule has 9 heteroatoms. The molecule has 0 radical (unpaired) electrons. The zero-order valence-corrected chi connectivity index (χ0v) is 17.3. The van der Waals surface area contributed by atoms with Gasteiger partial charge in [-0.05, 0) is 43.4 Å². The molecule has 1 saturated heterocycles. The molecule has 2 aromatic heterocycles. The molecule has 1 aromatic carbocycles. The van der Waals surface area contributed by atoms with Gasteiger partial charge >= 0.3 is 0 Å². The first-order chi connectivity index (χ1) is 15.1. The minimum atomic E-state index is -0.244. The lowest BCUT2D eigenvalue weighted by atomic mass is 10.1. The maximum absolute atomic E-state index is 12.8. The molecule has 160 valence electrons. The number of hydrogen-bond donors (Lipinski definition) is 1. The number of aromatic nitrogens is 2. The summed E-state index contributed by atoms with van der Waals surface area (Å²) in [6.07, 6.45) is 3.16. The topological polar surface area (TPSA) is 86.9 Å². The fourth-order valence-corrected chi connectivity index (χ4v) is 4.00. The lowest BCUT2D eigenvalue weighted by Gasteiger charge is -2.34. The molecule has 0 bridgehead atoms. The first-order valence-electron chi connectivity index (χ1n) is 10.3. The molecule has 0 spiro atoms. The Morgan fingerprint density at radius 2 is 1.81 bits per heavy atom. The first-order valence-corrected chi connectivity index (χ1v) is 10.3. The molecule has 0 saturated carbocycles. The normalized spacial score (nSPS) is 16.4. The van der Waals surface area contributed by atoms with Crippen molar-refractivity contribution >= 4 is 17.5 Å². The van der Waals surface area contributed by atoms with E-state index in [4.69, 9.17) is 4.42 Å². The smallest absolute Gasteiger partial charge is 0.290 e. The van der Waals surface area contributed by atoms with Gasteiger partial charge in [0, 0.05) is 43.0 Å². The van der Waals surface area contributed by atoms with Crippen LogP contribution in [0.2, 0.25) is 0 Å². The van der Waals surface area contributed by atoms with Gasteiger partial charge in [-0.25, -0.2) is 5.43 Å². The van der Waals surface area contributed by atoms with E-state index in [9.17, 15) is 9.59 Å². The van der Waals surface area contributed by atoms with E-state index < -0.39 is 0 Å². The van der Waals surface area contributed by atoms with Crippen LogP contribution in [0.25, 0.3) is 0 Å². The fourth-order valence-electron chi connectivity index (χ4n) is 4.00. The predicted molar refractivity (Wildman–Crippen MR) is 114 cm³/mol. The summed E-state index contributed by atoms with van der Waals surface area (Å²) in [5.41, 5.74) is 6.21. The first kappa shape index (κ1) is 19.4. The quantitative estimate of drug-likeness (QED) is 0.692. The highest BCUT2D eigenvalue weighted by molar-refractivity contribution is 6.00. The van der Waals surface area contributed by atoms with Crippen molar-refractivity contribution in [3.05, 3.63) is 71.4 Å². The van der Waals surface area contributed by atoms with Crippen LogP contribution in [0, 0.1) is 0 Å². The summed E-state index contributed by atoms with van der Waals surface area (Å²) in [7, 11) is 2.13. The molecule has 2 aliphatic heterocycles. The van der Waals surface area contributed by atoms with Crippen LogP contribution in [-0.2, 0) is 13.1 Å². The molecule has 0 atom stereocenters. The molecule has 1 fully saturated rings. The molecule has 31 heavy (non-hydrogen) atoms. The van der Waals surface area contributed by atoms with E-state index >= 15 is 0 Å². The van der Waals surface area contributed by atoms with Gasteiger partial charge in [0.25, 0.3) is 11.8 Å². The number of amides is 2. The van der Waals surface area contributed by atoms with Crippen molar-refractivity contribution in [2.24, 2.45) is 0 Å². The van der Waals surface area contributed by atoms with Crippen molar-refractivity contribution in [3.63, 3.8) is 0 Å². The summed E-state index contributed by atoms with van der Waals surface area (Å²) in [4.78, 5) is 33.0. The Hall–Kier alpha value is -3.59. The highest BCUT2D eigenvalue weighted by atomic mass is 16.3. The molecule has 1 N–H and O–H groups in total. The van der Waals surface area contributed by atoms with E-state index in [-0.39, 0.29) is 11.8 Å². The number of nitrogens with one attached hydrogen (secondary N) is 1. The zero-order chi connectivity index (χ0) is 21.4. The monoisotopic (exact) mass is 420 g/mol. The molecule has 2 amide bonds. The molecule has 0 unspecified atom stereocenters. The Kier molecular flexibility index (Phi) is 4.95. The van der Waals surface area contributed by atoms with Gasteiger partial charge in [-0.2, -0.15) is 9.89 Å². The van der Waals surface area contributed by atoms with Crippen molar-refractivity contribution in [3.8, 4) is 0 Å². The van der Waals surface area contributed by atoms with Gasteiger partial charge in [0.15, 0.2) is 5.76 Å². The van der Waals surface area contributed by atoms with Crippen molar-refractivity contribution in [1.29, 1.82) is 0 Å². The number of carbonyl (C=O) groups excluding carboxylic acids is 2. The Morgan fingerprint density at radius 3 is 2.52 bits per heavy atom. The second-order valence-electron chi connectivity index (χ2n) is 7.94. The number of fused-ring (bicyclic) bond motifs is 1. The van der Waals surface area contributed by atoms with Crippen molar-refractivity contribution in [2.75, 3.05) is 43.6 Å². The summed E-state index contributed by atoms with van der Waals surface area (Å²) < 4.78 is 5.21. The van der Waals surface area contributed by atoms with Crippen molar-refractivity contribution in [1.82, 2.24) is 19.7 Å². The molecule has 9 nitrogen and oxygen atoms in total. The van der Waals surface area contributed by atoms with Gasteiger partial charge in [-0.3, -0.25) is 9.59 Å². The molecule has 5 rings (SSSR count). The number of anilines is 1. The molecule has 4 heterocycles. The standard InChI is InChI=1S/C22H24N6O3/c1-25-8-10-26(11-9-25)18-6-4-16(5-7-18)21(29)24-28-19-15-27(14-17(19)13-23-28)22(30)20-3-2-12-31-20/h2-7,12-13H,8-11,14-15H2,1H3,(H,24,29). The van der Waals surface area contributed by atoms with Crippen LogP contribution in [0.1, 0.15) is 32.2 Å². The number of furan rings is 1. The Bertz CT molecular complexity index is 1080. The summed E-state index contributed by atoms with van der Waals surface area (Å²) in [5, 5.41) is 4.27. The molecule has 2 aliphatic rings. The van der Waals surface area contributed by atoms with Crippen LogP contribution < -0.4 is 10.3 Å². The summed E-state index contributed by atoms with van der Waals surface area (Å²) in [6, 6.07) is 11.0. The van der Waals surface area contributed by atoms with Crippen LogP contribution in [0.4, 0.5) is 5.69 Å². The van der Waals surface area contributed by atoms with Gasteiger partial charge in [0.1, 0.15) is 0 Å². The van der Waals surface area contributed by atoms with Crippen LogP contribution in [-0.4, -0.2) is 64.7 Å². The van der Waals surface area contributed by atoms with E-state index in [2.05, 4.69) is 27.4 Å². The van der Waals surface area contributed by atoms with Gasteiger partial charge in [-0.15, -0.1) is 0 Å². The third kappa shape index (κ3) is 3.79. The van der Waals surface area contributed by atoms with Crippen LogP contribution in [0.15, 0.2) is 53.3 Å². The minimum absolute atomic E-state index is 0.182. The second kappa shape index (κ2) is 7.92. The average Bonchev–Trinajstić information content (AvgIpc) is 3.53. The number of benzene rings is 1. The largest absolute Gasteiger partial charge is 0.459 e. The molecular formula is C22H24N6O3. The number of carbonyl (C=O) groups is 2.